The van der Waals surface area contributed by atoms with Crippen molar-refractivity contribution in [3.63, 3.8) is 0 Å². The van der Waals surface area contributed by atoms with Crippen molar-refractivity contribution in [3.8, 4) is 0 Å². The highest BCUT2D eigenvalue weighted by Gasteiger charge is 2.37. The lowest BCUT2D eigenvalue weighted by Crippen LogP contribution is -2.30. The Kier molecular flexibility index (Phi) is 5.98. The molecule has 0 fully saturated rings. The summed E-state index contributed by atoms with van der Waals surface area (Å²) in [6, 6.07) is 14.6. The number of nitrogens with zero attached hydrogens (tertiary/aromatic N) is 2. The van der Waals surface area contributed by atoms with Crippen LogP contribution in [0, 0.1) is 13.8 Å². The van der Waals surface area contributed by atoms with Crippen LogP contribution in [-0.4, -0.2) is 42.6 Å². The van der Waals surface area contributed by atoms with Crippen LogP contribution < -0.4 is 10.2 Å². The van der Waals surface area contributed by atoms with Crippen molar-refractivity contribution in [2.75, 3.05) is 24.3 Å². The summed E-state index contributed by atoms with van der Waals surface area (Å²) in [4.78, 5) is 53.9. The normalized spacial score (nSPS) is 12.6. The maximum atomic E-state index is 13.1. The van der Waals surface area contributed by atoms with Crippen LogP contribution in [0.2, 0.25) is 5.02 Å². The number of hydrogen-bond donors (Lipinski definition) is 1. The predicted octanol–water partition coefficient (Wildman–Crippen LogP) is 4.71. The first-order chi connectivity index (χ1) is 16.1. The summed E-state index contributed by atoms with van der Waals surface area (Å²) in [6.45, 7) is 3.72. The number of anilines is 2. The molecule has 0 spiro atoms. The lowest BCUT2D eigenvalue weighted by Gasteiger charge is -2.17. The third kappa shape index (κ3) is 4.06. The molecule has 0 unspecified atom stereocenters. The molecule has 8 heteroatoms. The number of nitrogens with one attached hydrogen (secondary N) is 1. The molecular weight excluding hydrogens is 454 g/mol. The van der Waals surface area contributed by atoms with Crippen LogP contribution in [0.3, 0.4) is 0 Å². The number of amides is 4. The fourth-order valence-electron chi connectivity index (χ4n) is 3.77. The third-order valence-electron chi connectivity index (χ3n) is 5.62. The van der Waals surface area contributed by atoms with Gasteiger partial charge in [0.25, 0.3) is 23.6 Å². The second kappa shape index (κ2) is 8.76. The van der Waals surface area contributed by atoms with Gasteiger partial charge in [-0.3, -0.25) is 19.2 Å². The first kappa shape index (κ1) is 23.2. The summed E-state index contributed by atoms with van der Waals surface area (Å²) in [5.74, 6) is -1.69. The standard InChI is InChI=1S/C26H22ClN3O4/c1-14-5-6-15(2)22(11-14)30-25(33)18-9-7-16(12-19(18)26(30)34)23(31)28-17-8-10-21(27)20(13-17)24(32)29(3)4/h5-13H,1-4H3,(H,28,31). The van der Waals surface area contributed by atoms with E-state index < -0.39 is 17.7 Å². The average molecular weight is 476 g/mol. The molecule has 0 bridgehead atoms. The minimum Gasteiger partial charge on any atom is -0.345 e. The van der Waals surface area contributed by atoms with Crippen LogP contribution in [0.25, 0.3) is 0 Å². The maximum Gasteiger partial charge on any atom is 0.266 e. The Labute approximate surface area is 201 Å². The van der Waals surface area contributed by atoms with Crippen molar-refractivity contribution in [3.05, 3.63) is 93.0 Å². The monoisotopic (exact) mass is 475 g/mol. The number of imide groups is 1. The summed E-state index contributed by atoms with van der Waals surface area (Å²) in [6.07, 6.45) is 0. The zero-order valence-corrected chi connectivity index (χ0v) is 19.9. The van der Waals surface area contributed by atoms with Gasteiger partial charge < -0.3 is 10.2 Å². The highest BCUT2D eigenvalue weighted by molar-refractivity contribution is 6.35. The molecule has 0 radical (unpaired) electrons. The first-order valence-corrected chi connectivity index (χ1v) is 10.9. The number of aryl methyl sites for hydroxylation is 2. The molecule has 34 heavy (non-hydrogen) atoms. The number of fused-ring (bicyclic) bond motifs is 1. The Morgan fingerprint density at radius 1 is 0.882 bits per heavy atom. The van der Waals surface area contributed by atoms with Crippen molar-refractivity contribution in [2.45, 2.75) is 13.8 Å². The number of carbonyl (C=O) groups is 4. The third-order valence-corrected chi connectivity index (χ3v) is 5.94. The smallest absolute Gasteiger partial charge is 0.266 e. The lowest BCUT2D eigenvalue weighted by molar-refractivity contribution is 0.0826. The molecule has 1 aliphatic heterocycles. The van der Waals surface area contributed by atoms with Crippen LogP contribution in [-0.2, 0) is 0 Å². The lowest BCUT2D eigenvalue weighted by atomic mass is 10.1. The molecule has 4 rings (SSSR count). The van der Waals surface area contributed by atoms with Crippen LogP contribution in [0.4, 0.5) is 11.4 Å². The Morgan fingerprint density at radius 2 is 1.59 bits per heavy atom. The minimum absolute atomic E-state index is 0.165. The topological polar surface area (TPSA) is 86.8 Å². The van der Waals surface area contributed by atoms with Crippen molar-refractivity contribution < 1.29 is 19.2 Å². The highest BCUT2D eigenvalue weighted by Crippen LogP contribution is 2.32. The highest BCUT2D eigenvalue weighted by atomic mass is 35.5. The second-order valence-electron chi connectivity index (χ2n) is 8.34. The number of benzene rings is 3. The molecule has 7 nitrogen and oxygen atoms in total. The number of rotatable bonds is 4. The molecule has 0 saturated heterocycles. The fraction of sp³-hybridized carbons (Fsp3) is 0.154. The molecule has 0 atom stereocenters. The Balaban J connectivity index is 1.62. The number of halogens is 1. The first-order valence-electron chi connectivity index (χ1n) is 10.5. The Bertz CT molecular complexity index is 1380. The van der Waals surface area contributed by atoms with Gasteiger partial charge in [-0.1, -0.05) is 23.7 Å². The van der Waals surface area contributed by atoms with Gasteiger partial charge in [-0.05, 0) is 67.4 Å². The number of hydrogen-bond acceptors (Lipinski definition) is 4. The zero-order chi connectivity index (χ0) is 24.7. The second-order valence-corrected chi connectivity index (χ2v) is 8.75. The van der Waals surface area contributed by atoms with Gasteiger partial charge in [0.05, 0.1) is 27.4 Å². The molecule has 0 saturated carbocycles. The largest absolute Gasteiger partial charge is 0.345 e. The van der Waals surface area contributed by atoms with Crippen LogP contribution >= 0.6 is 11.6 Å². The molecule has 4 amide bonds. The number of carbonyl (C=O) groups excluding carboxylic acids is 4. The van der Waals surface area contributed by atoms with E-state index >= 15 is 0 Å². The van der Waals surface area contributed by atoms with Crippen molar-refractivity contribution in [2.24, 2.45) is 0 Å². The van der Waals surface area contributed by atoms with E-state index in [1.165, 1.54) is 35.2 Å². The Hall–Kier alpha value is -3.97. The maximum absolute atomic E-state index is 13.1. The van der Waals surface area contributed by atoms with E-state index in [1.54, 1.807) is 26.2 Å². The van der Waals surface area contributed by atoms with E-state index in [0.29, 0.717) is 11.4 Å². The molecule has 3 aromatic rings. The summed E-state index contributed by atoms with van der Waals surface area (Å²) in [5, 5.41) is 2.99. The fourth-order valence-corrected chi connectivity index (χ4v) is 3.97. The van der Waals surface area contributed by atoms with E-state index in [1.807, 2.05) is 26.0 Å². The van der Waals surface area contributed by atoms with E-state index in [4.69, 9.17) is 11.6 Å². The van der Waals surface area contributed by atoms with E-state index in [2.05, 4.69) is 5.32 Å². The van der Waals surface area contributed by atoms with E-state index in [-0.39, 0.29) is 33.2 Å². The molecule has 0 aromatic heterocycles. The summed E-state index contributed by atoms with van der Waals surface area (Å²) in [5.41, 5.74) is 3.49. The SMILES string of the molecule is Cc1ccc(C)c(N2C(=O)c3ccc(C(=O)Nc4ccc(Cl)c(C(=O)N(C)C)c4)cc3C2=O)c1. The van der Waals surface area contributed by atoms with Crippen molar-refractivity contribution >= 4 is 46.6 Å². The van der Waals surface area contributed by atoms with Gasteiger partial charge in [0.2, 0.25) is 0 Å². The van der Waals surface area contributed by atoms with Gasteiger partial charge in [-0.15, -0.1) is 0 Å². The molecular formula is C26H22ClN3O4. The van der Waals surface area contributed by atoms with Gasteiger partial charge in [0.15, 0.2) is 0 Å². The van der Waals surface area contributed by atoms with E-state index in [9.17, 15) is 19.2 Å². The Morgan fingerprint density at radius 3 is 2.29 bits per heavy atom. The molecule has 1 N–H and O–H groups in total. The zero-order valence-electron chi connectivity index (χ0n) is 19.1. The molecule has 172 valence electrons. The van der Waals surface area contributed by atoms with Crippen LogP contribution in [0.5, 0.6) is 0 Å². The minimum atomic E-state index is -0.487. The van der Waals surface area contributed by atoms with Gasteiger partial charge in [0, 0.05) is 25.3 Å². The van der Waals surface area contributed by atoms with Gasteiger partial charge >= 0.3 is 0 Å². The summed E-state index contributed by atoms with van der Waals surface area (Å²) in [7, 11) is 3.21. The average Bonchev–Trinajstić information content (AvgIpc) is 3.05. The molecule has 1 aliphatic rings. The quantitative estimate of drug-likeness (QED) is 0.553. The van der Waals surface area contributed by atoms with Crippen LogP contribution in [0.15, 0.2) is 54.6 Å². The van der Waals surface area contributed by atoms with Crippen LogP contribution in [0.1, 0.15) is 52.6 Å². The summed E-state index contributed by atoms with van der Waals surface area (Å²) < 4.78 is 0. The van der Waals surface area contributed by atoms with Crippen molar-refractivity contribution in [1.82, 2.24) is 4.90 Å². The van der Waals surface area contributed by atoms with Crippen molar-refractivity contribution in [1.29, 1.82) is 0 Å². The van der Waals surface area contributed by atoms with Gasteiger partial charge in [0.1, 0.15) is 0 Å². The van der Waals surface area contributed by atoms with Gasteiger partial charge in [-0.25, -0.2) is 4.90 Å². The predicted molar refractivity (Wildman–Crippen MR) is 131 cm³/mol. The van der Waals surface area contributed by atoms with Gasteiger partial charge in [-0.2, -0.15) is 0 Å². The van der Waals surface area contributed by atoms with E-state index in [0.717, 1.165) is 16.0 Å². The summed E-state index contributed by atoms with van der Waals surface area (Å²) >= 11 is 6.13. The molecule has 1 heterocycles. The molecule has 0 aliphatic carbocycles. The molecule has 3 aromatic carbocycles.